The fourth-order valence-corrected chi connectivity index (χ4v) is 2.38. The maximum Gasteiger partial charge on any atom is 0.161 e. The van der Waals surface area contributed by atoms with Crippen LogP contribution in [-0.4, -0.2) is 15.0 Å². The minimum absolute atomic E-state index is 0.198. The second kappa shape index (κ2) is 5.16. The molecule has 0 amide bonds. The van der Waals surface area contributed by atoms with Gasteiger partial charge in [0.2, 0.25) is 0 Å². The second-order valence-corrected chi connectivity index (χ2v) is 5.81. The Morgan fingerprint density at radius 3 is 2.42 bits per heavy atom. The summed E-state index contributed by atoms with van der Waals surface area (Å²) in [4.78, 5) is 0.666. The molecule has 0 spiro atoms. The van der Waals surface area contributed by atoms with Crippen LogP contribution in [0.15, 0.2) is 23.2 Å². The van der Waals surface area contributed by atoms with Crippen molar-refractivity contribution in [3.63, 3.8) is 0 Å². The first-order chi connectivity index (χ1) is 8.90. The highest BCUT2D eigenvalue weighted by atomic mass is 32.2. The van der Waals surface area contributed by atoms with Crippen LogP contribution in [0.4, 0.5) is 19.0 Å². The number of halogens is 3. The third-order valence-electron chi connectivity index (χ3n) is 2.35. The summed E-state index contributed by atoms with van der Waals surface area (Å²) in [6.07, 6.45) is 1.47. The van der Waals surface area contributed by atoms with Crippen molar-refractivity contribution in [3.8, 4) is 5.69 Å². The van der Waals surface area contributed by atoms with E-state index in [0.29, 0.717) is 11.0 Å². The molecule has 0 aliphatic rings. The van der Waals surface area contributed by atoms with E-state index in [1.807, 2.05) is 13.8 Å². The third kappa shape index (κ3) is 2.70. The number of benzene rings is 1. The predicted molar refractivity (Wildman–Crippen MR) is 68.8 cm³/mol. The number of aromatic nitrogens is 2. The molecule has 1 aromatic carbocycles. The molecule has 0 unspecified atom stereocenters. The monoisotopic (exact) mass is 287 g/mol. The molecule has 2 N–H and O–H groups in total. The Hall–Kier alpha value is -1.63. The van der Waals surface area contributed by atoms with Gasteiger partial charge in [-0.05, 0) is 0 Å². The molecule has 2 aromatic rings. The molecule has 0 saturated carbocycles. The van der Waals surface area contributed by atoms with E-state index in [9.17, 15) is 13.2 Å². The zero-order valence-electron chi connectivity index (χ0n) is 10.3. The van der Waals surface area contributed by atoms with Gasteiger partial charge in [-0.25, -0.2) is 17.9 Å². The maximum atomic E-state index is 13.6. The smallest absolute Gasteiger partial charge is 0.161 e. The summed E-state index contributed by atoms with van der Waals surface area (Å²) in [7, 11) is 0. The summed E-state index contributed by atoms with van der Waals surface area (Å²) in [6, 6.07) is 1.21. The molecule has 1 aromatic heterocycles. The number of nitrogens with zero attached hydrogens (tertiary/aromatic N) is 2. The zero-order chi connectivity index (χ0) is 14.2. The molecule has 3 nitrogen and oxygen atoms in total. The van der Waals surface area contributed by atoms with Crippen LogP contribution < -0.4 is 5.73 Å². The number of hydrogen-bond donors (Lipinski definition) is 1. The number of thioether (sulfide) groups is 1. The molecule has 0 fully saturated rings. The van der Waals surface area contributed by atoms with E-state index in [-0.39, 0.29) is 16.8 Å². The number of anilines is 1. The molecule has 0 aliphatic carbocycles. The first-order valence-electron chi connectivity index (χ1n) is 5.55. The Balaban J connectivity index is 2.48. The molecule has 102 valence electrons. The summed E-state index contributed by atoms with van der Waals surface area (Å²) in [5, 5.41) is 4.19. The van der Waals surface area contributed by atoms with Gasteiger partial charge in [-0.3, -0.25) is 0 Å². The summed E-state index contributed by atoms with van der Waals surface area (Å²) < 4.78 is 40.7. The van der Waals surface area contributed by atoms with Gasteiger partial charge in [-0.2, -0.15) is 5.10 Å². The van der Waals surface area contributed by atoms with Gasteiger partial charge < -0.3 is 5.73 Å². The molecule has 1 heterocycles. The molecule has 0 radical (unpaired) electrons. The summed E-state index contributed by atoms with van der Waals surface area (Å²) in [5.74, 6) is -3.12. The van der Waals surface area contributed by atoms with Crippen LogP contribution in [0.3, 0.4) is 0 Å². The van der Waals surface area contributed by atoms with Gasteiger partial charge in [-0.15, -0.1) is 11.8 Å². The Morgan fingerprint density at radius 2 is 1.79 bits per heavy atom. The van der Waals surface area contributed by atoms with Crippen LogP contribution in [-0.2, 0) is 0 Å². The SMILES string of the molecule is CC(C)Sc1cnn(-c2cc(F)c(F)cc2F)c1N. The minimum Gasteiger partial charge on any atom is -0.383 e. The van der Waals surface area contributed by atoms with Gasteiger partial charge in [-0.1, -0.05) is 13.8 Å². The lowest BCUT2D eigenvalue weighted by Crippen LogP contribution is -2.06. The van der Waals surface area contributed by atoms with Crippen molar-refractivity contribution in [1.29, 1.82) is 0 Å². The van der Waals surface area contributed by atoms with E-state index in [4.69, 9.17) is 5.73 Å². The lowest BCUT2D eigenvalue weighted by atomic mass is 10.3. The van der Waals surface area contributed by atoms with E-state index in [2.05, 4.69) is 5.10 Å². The largest absolute Gasteiger partial charge is 0.383 e. The number of nitrogen functional groups attached to an aromatic ring is 1. The van der Waals surface area contributed by atoms with Crippen molar-refractivity contribution >= 4 is 17.6 Å². The number of hydrogen-bond acceptors (Lipinski definition) is 3. The average Bonchev–Trinajstić information content (AvgIpc) is 2.65. The summed E-state index contributed by atoms with van der Waals surface area (Å²) >= 11 is 1.46. The van der Waals surface area contributed by atoms with E-state index >= 15 is 0 Å². The van der Waals surface area contributed by atoms with Gasteiger partial charge in [0.1, 0.15) is 11.5 Å². The molecular formula is C12H12F3N3S. The Kier molecular flexibility index (Phi) is 3.75. The average molecular weight is 287 g/mol. The van der Waals surface area contributed by atoms with Gasteiger partial charge >= 0.3 is 0 Å². The molecule has 0 saturated heterocycles. The van der Waals surface area contributed by atoms with Gasteiger partial charge in [0.15, 0.2) is 17.5 Å². The van der Waals surface area contributed by atoms with Crippen LogP contribution in [0.1, 0.15) is 13.8 Å². The van der Waals surface area contributed by atoms with E-state index < -0.39 is 17.5 Å². The maximum absolute atomic E-state index is 13.6. The van der Waals surface area contributed by atoms with Crippen LogP contribution in [0.2, 0.25) is 0 Å². The first kappa shape index (κ1) is 13.8. The number of nitrogens with two attached hydrogens (primary N) is 1. The van der Waals surface area contributed by atoms with Crippen molar-refractivity contribution in [2.45, 2.75) is 24.0 Å². The van der Waals surface area contributed by atoms with Crippen LogP contribution in [0.25, 0.3) is 5.69 Å². The van der Waals surface area contributed by atoms with Crippen molar-refractivity contribution in [1.82, 2.24) is 9.78 Å². The minimum atomic E-state index is -1.25. The van der Waals surface area contributed by atoms with Gasteiger partial charge in [0, 0.05) is 17.4 Å². The summed E-state index contributed by atoms with van der Waals surface area (Å²) in [5.41, 5.74) is 5.62. The molecule has 0 aliphatic heterocycles. The summed E-state index contributed by atoms with van der Waals surface area (Å²) in [6.45, 7) is 3.94. The van der Waals surface area contributed by atoms with Gasteiger partial charge in [0.25, 0.3) is 0 Å². The standard InChI is InChI=1S/C12H12F3N3S/c1-6(2)19-11-5-17-18(12(11)16)10-4-8(14)7(13)3-9(10)15/h3-6H,16H2,1-2H3. The molecule has 19 heavy (non-hydrogen) atoms. The Bertz CT molecular complexity index is 611. The lowest BCUT2D eigenvalue weighted by molar-refractivity contribution is 0.491. The Labute approximate surface area is 112 Å². The highest BCUT2D eigenvalue weighted by molar-refractivity contribution is 8.00. The van der Waals surface area contributed by atoms with Crippen molar-refractivity contribution < 1.29 is 13.2 Å². The fourth-order valence-electron chi connectivity index (χ4n) is 1.55. The zero-order valence-corrected chi connectivity index (χ0v) is 11.1. The van der Waals surface area contributed by atoms with Gasteiger partial charge in [0.05, 0.1) is 11.1 Å². The first-order valence-corrected chi connectivity index (χ1v) is 6.43. The van der Waals surface area contributed by atoms with Crippen molar-refractivity contribution in [2.24, 2.45) is 0 Å². The molecule has 2 rings (SSSR count). The van der Waals surface area contributed by atoms with Crippen LogP contribution >= 0.6 is 11.8 Å². The van der Waals surface area contributed by atoms with E-state index in [0.717, 1.165) is 10.7 Å². The fraction of sp³-hybridized carbons (Fsp3) is 0.250. The lowest BCUT2D eigenvalue weighted by Gasteiger charge is -2.08. The molecule has 7 heteroatoms. The van der Waals surface area contributed by atoms with E-state index in [1.165, 1.54) is 18.0 Å². The number of rotatable bonds is 3. The molecule has 0 bridgehead atoms. The highest BCUT2D eigenvalue weighted by Crippen LogP contribution is 2.30. The van der Waals surface area contributed by atoms with Crippen LogP contribution in [0.5, 0.6) is 0 Å². The van der Waals surface area contributed by atoms with Crippen molar-refractivity contribution in [2.75, 3.05) is 5.73 Å². The quantitative estimate of drug-likeness (QED) is 0.695. The molecular weight excluding hydrogens is 275 g/mol. The molecule has 0 atom stereocenters. The second-order valence-electron chi connectivity index (χ2n) is 4.19. The predicted octanol–water partition coefficient (Wildman–Crippen LogP) is 3.37. The van der Waals surface area contributed by atoms with Crippen molar-refractivity contribution in [3.05, 3.63) is 35.8 Å². The third-order valence-corrected chi connectivity index (χ3v) is 3.39. The Morgan fingerprint density at radius 1 is 1.16 bits per heavy atom. The highest BCUT2D eigenvalue weighted by Gasteiger charge is 2.16. The van der Waals surface area contributed by atoms with E-state index in [1.54, 1.807) is 0 Å². The topological polar surface area (TPSA) is 43.8 Å². The normalized spacial score (nSPS) is 11.3. The van der Waals surface area contributed by atoms with Crippen LogP contribution in [0, 0.1) is 17.5 Å².